The maximum atomic E-state index is 12.5. The molecule has 140 valence electrons. The van der Waals surface area contributed by atoms with Gasteiger partial charge in [0.25, 0.3) is 5.56 Å². The first-order valence-electron chi connectivity index (χ1n) is 8.87. The average Bonchev–Trinajstić information content (AvgIpc) is 3.18. The second kappa shape index (κ2) is 7.67. The molecule has 0 saturated carbocycles. The third-order valence-electron chi connectivity index (χ3n) is 4.47. The average molecular weight is 368 g/mol. The van der Waals surface area contributed by atoms with Crippen molar-refractivity contribution in [3.63, 3.8) is 0 Å². The van der Waals surface area contributed by atoms with E-state index in [1.807, 2.05) is 30.0 Å². The molecular formula is C18H20N6O3. The van der Waals surface area contributed by atoms with Gasteiger partial charge in [-0.2, -0.15) is 4.98 Å². The quantitative estimate of drug-likeness (QED) is 0.714. The molecule has 3 aromatic heterocycles. The number of rotatable bonds is 5. The first kappa shape index (κ1) is 17.3. The fourth-order valence-electron chi connectivity index (χ4n) is 3.00. The number of nitrogens with zero attached hydrogens (tertiary/aromatic N) is 5. The van der Waals surface area contributed by atoms with E-state index in [1.165, 1.54) is 0 Å². The molecule has 0 bridgehead atoms. The molecule has 3 aromatic rings. The molecule has 0 aromatic carbocycles. The minimum atomic E-state index is -0.131. The molecule has 27 heavy (non-hydrogen) atoms. The van der Waals surface area contributed by atoms with Crippen molar-refractivity contribution in [1.29, 1.82) is 0 Å². The van der Waals surface area contributed by atoms with Gasteiger partial charge in [0.2, 0.25) is 17.7 Å². The lowest BCUT2D eigenvalue weighted by atomic mass is 10.1. The standard InChI is InChI=1S/C18H20N6O3/c1-12-13(17(25)22-18(20-12)24-8-10-26-11-9-24)5-6-15-21-16(23-27-15)14-4-2-3-7-19-14/h2-4,7H,5-6,8-11H2,1H3,(H,20,22,25). The molecule has 0 unspecified atom stereocenters. The summed E-state index contributed by atoms with van der Waals surface area (Å²) in [7, 11) is 0. The van der Waals surface area contributed by atoms with Crippen LogP contribution in [0.3, 0.4) is 0 Å². The molecule has 9 heteroatoms. The van der Waals surface area contributed by atoms with Gasteiger partial charge in [0, 0.05) is 37.0 Å². The molecule has 1 saturated heterocycles. The van der Waals surface area contributed by atoms with Crippen LogP contribution in [0.2, 0.25) is 0 Å². The van der Waals surface area contributed by atoms with Crippen LogP contribution in [0.25, 0.3) is 11.5 Å². The Bertz CT molecular complexity index is 963. The summed E-state index contributed by atoms with van der Waals surface area (Å²) in [4.78, 5) is 30.5. The van der Waals surface area contributed by atoms with E-state index in [2.05, 4.69) is 25.1 Å². The summed E-state index contributed by atoms with van der Waals surface area (Å²) in [6.45, 7) is 4.57. The lowest BCUT2D eigenvalue weighted by Gasteiger charge is -2.27. The molecule has 0 atom stereocenters. The van der Waals surface area contributed by atoms with E-state index in [4.69, 9.17) is 9.26 Å². The molecule has 0 radical (unpaired) electrons. The highest BCUT2D eigenvalue weighted by atomic mass is 16.5. The Morgan fingerprint density at radius 1 is 1.19 bits per heavy atom. The van der Waals surface area contributed by atoms with Crippen LogP contribution in [0, 0.1) is 6.92 Å². The minimum absolute atomic E-state index is 0.131. The second-order valence-corrected chi connectivity index (χ2v) is 6.28. The lowest BCUT2D eigenvalue weighted by molar-refractivity contribution is 0.122. The Kier molecular flexibility index (Phi) is 4.93. The van der Waals surface area contributed by atoms with Crippen LogP contribution >= 0.6 is 0 Å². The number of pyridine rings is 1. The van der Waals surface area contributed by atoms with Crippen molar-refractivity contribution >= 4 is 5.95 Å². The molecule has 0 spiro atoms. The van der Waals surface area contributed by atoms with Crippen LogP contribution in [-0.4, -0.2) is 51.4 Å². The SMILES string of the molecule is Cc1nc(N2CCOCC2)[nH]c(=O)c1CCc1nc(-c2ccccn2)no1. The summed E-state index contributed by atoms with van der Waals surface area (Å²) < 4.78 is 10.6. The first-order valence-corrected chi connectivity index (χ1v) is 8.87. The van der Waals surface area contributed by atoms with Crippen molar-refractivity contribution < 1.29 is 9.26 Å². The van der Waals surface area contributed by atoms with Crippen LogP contribution in [-0.2, 0) is 17.6 Å². The van der Waals surface area contributed by atoms with Crippen molar-refractivity contribution in [2.24, 2.45) is 0 Å². The van der Waals surface area contributed by atoms with E-state index in [1.54, 1.807) is 6.20 Å². The van der Waals surface area contributed by atoms with E-state index in [0.29, 0.717) is 60.7 Å². The van der Waals surface area contributed by atoms with E-state index in [0.717, 1.165) is 13.1 Å². The summed E-state index contributed by atoms with van der Waals surface area (Å²) in [5.74, 6) is 1.50. The number of hydrogen-bond acceptors (Lipinski definition) is 8. The van der Waals surface area contributed by atoms with Gasteiger partial charge in [0.1, 0.15) is 5.69 Å². The van der Waals surface area contributed by atoms with E-state index >= 15 is 0 Å². The van der Waals surface area contributed by atoms with Crippen LogP contribution in [0.5, 0.6) is 0 Å². The summed E-state index contributed by atoms with van der Waals surface area (Å²) >= 11 is 0. The molecule has 0 aliphatic carbocycles. The summed E-state index contributed by atoms with van der Waals surface area (Å²) in [5.41, 5.74) is 1.86. The largest absolute Gasteiger partial charge is 0.378 e. The zero-order valence-corrected chi connectivity index (χ0v) is 15.0. The Labute approximate surface area is 155 Å². The Hall–Kier alpha value is -3.07. The van der Waals surface area contributed by atoms with Gasteiger partial charge in [-0.25, -0.2) is 4.98 Å². The second-order valence-electron chi connectivity index (χ2n) is 6.28. The molecule has 1 N–H and O–H groups in total. The van der Waals surface area contributed by atoms with Crippen LogP contribution in [0.4, 0.5) is 5.95 Å². The molecule has 4 heterocycles. The normalized spacial score (nSPS) is 14.5. The number of aromatic nitrogens is 5. The highest BCUT2D eigenvalue weighted by molar-refractivity contribution is 5.47. The van der Waals surface area contributed by atoms with Gasteiger partial charge in [-0.15, -0.1) is 0 Å². The molecular weight excluding hydrogens is 348 g/mol. The van der Waals surface area contributed by atoms with E-state index in [-0.39, 0.29) is 5.56 Å². The number of ether oxygens (including phenoxy) is 1. The van der Waals surface area contributed by atoms with Crippen LogP contribution < -0.4 is 10.5 Å². The smallest absolute Gasteiger partial charge is 0.255 e. The number of hydrogen-bond donors (Lipinski definition) is 1. The number of aromatic amines is 1. The fourth-order valence-corrected chi connectivity index (χ4v) is 3.00. The maximum Gasteiger partial charge on any atom is 0.255 e. The van der Waals surface area contributed by atoms with Gasteiger partial charge < -0.3 is 14.2 Å². The molecule has 9 nitrogen and oxygen atoms in total. The summed E-state index contributed by atoms with van der Waals surface area (Å²) in [6, 6.07) is 5.51. The maximum absolute atomic E-state index is 12.5. The van der Waals surface area contributed by atoms with Crippen LogP contribution in [0.1, 0.15) is 17.1 Å². The van der Waals surface area contributed by atoms with Gasteiger partial charge in [0.05, 0.1) is 13.2 Å². The Balaban J connectivity index is 1.47. The van der Waals surface area contributed by atoms with Crippen molar-refractivity contribution in [3.8, 4) is 11.5 Å². The van der Waals surface area contributed by atoms with Crippen LogP contribution in [0.15, 0.2) is 33.7 Å². The number of morpholine rings is 1. The predicted molar refractivity (Wildman–Crippen MR) is 97.6 cm³/mol. The monoisotopic (exact) mass is 368 g/mol. The van der Waals surface area contributed by atoms with Gasteiger partial charge in [-0.3, -0.25) is 14.8 Å². The van der Waals surface area contributed by atoms with Crippen molar-refractivity contribution in [2.45, 2.75) is 19.8 Å². The van der Waals surface area contributed by atoms with Gasteiger partial charge in [-0.1, -0.05) is 11.2 Å². The van der Waals surface area contributed by atoms with Crippen molar-refractivity contribution in [1.82, 2.24) is 25.1 Å². The molecule has 1 aliphatic heterocycles. The third kappa shape index (κ3) is 3.87. The third-order valence-corrected chi connectivity index (χ3v) is 4.47. The van der Waals surface area contributed by atoms with Crippen molar-refractivity contribution in [2.75, 3.05) is 31.2 Å². The molecule has 1 fully saturated rings. The van der Waals surface area contributed by atoms with E-state index < -0.39 is 0 Å². The molecule has 1 aliphatic rings. The van der Waals surface area contributed by atoms with Gasteiger partial charge in [-0.05, 0) is 25.5 Å². The summed E-state index contributed by atoms with van der Waals surface area (Å²) in [5, 5.41) is 3.95. The number of anilines is 1. The summed E-state index contributed by atoms with van der Waals surface area (Å²) in [6.07, 6.45) is 2.61. The molecule has 0 amide bonds. The highest BCUT2D eigenvalue weighted by Gasteiger charge is 2.17. The first-order chi connectivity index (χ1) is 13.2. The molecule has 4 rings (SSSR count). The lowest BCUT2D eigenvalue weighted by Crippen LogP contribution is -2.38. The zero-order valence-electron chi connectivity index (χ0n) is 15.0. The van der Waals surface area contributed by atoms with Gasteiger partial charge >= 0.3 is 0 Å². The van der Waals surface area contributed by atoms with E-state index in [9.17, 15) is 4.79 Å². The highest BCUT2D eigenvalue weighted by Crippen LogP contribution is 2.14. The fraction of sp³-hybridized carbons (Fsp3) is 0.389. The minimum Gasteiger partial charge on any atom is -0.378 e. The number of nitrogens with one attached hydrogen (secondary N) is 1. The Morgan fingerprint density at radius 2 is 2.04 bits per heavy atom. The number of H-pyrrole nitrogens is 1. The zero-order chi connectivity index (χ0) is 18.6. The Morgan fingerprint density at radius 3 is 2.78 bits per heavy atom. The van der Waals surface area contributed by atoms with Crippen molar-refractivity contribution in [3.05, 3.63) is 51.9 Å². The predicted octanol–water partition coefficient (Wildman–Crippen LogP) is 1.15. The number of aryl methyl sites for hydroxylation is 2. The van der Waals surface area contributed by atoms with Gasteiger partial charge in [0.15, 0.2) is 0 Å². The topological polar surface area (TPSA) is 110 Å².